The molecule has 2 saturated heterocycles. The predicted octanol–water partition coefficient (Wildman–Crippen LogP) is 1.98. The summed E-state index contributed by atoms with van der Waals surface area (Å²) in [5, 5.41) is 9.53. The first-order chi connectivity index (χ1) is 12.6. The SMILES string of the molecule is CCNC(=NCCNC(=O)Cc1ccc(F)cc1)NC1CC2CCC1O2.I. The number of hydrogen-bond donors (Lipinski definition) is 3. The summed E-state index contributed by atoms with van der Waals surface area (Å²) in [6.45, 7) is 3.76. The lowest BCUT2D eigenvalue weighted by atomic mass is 9.96. The number of guanidine groups is 1. The Morgan fingerprint density at radius 3 is 2.67 bits per heavy atom. The highest BCUT2D eigenvalue weighted by atomic mass is 127. The quantitative estimate of drug-likeness (QED) is 0.237. The summed E-state index contributed by atoms with van der Waals surface area (Å²) in [5.41, 5.74) is 0.790. The zero-order valence-electron chi connectivity index (χ0n) is 15.5. The summed E-state index contributed by atoms with van der Waals surface area (Å²) in [7, 11) is 0. The topological polar surface area (TPSA) is 74.8 Å². The number of hydrogen-bond acceptors (Lipinski definition) is 3. The number of ether oxygens (including phenoxy) is 1. The number of carbonyl (C=O) groups excluding carboxylic acids is 1. The van der Waals surface area contributed by atoms with Crippen LogP contribution in [0.2, 0.25) is 0 Å². The lowest BCUT2D eigenvalue weighted by Crippen LogP contribution is -2.47. The maximum atomic E-state index is 12.9. The monoisotopic (exact) mass is 490 g/mol. The Hall–Kier alpha value is -1.42. The second-order valence-electron chi connectivity index (χ2n) is 6.77. The molecule has 8 heteroatoms. The van der Waals surface area contributed by atoms with E-state index in [0.717, 1.165) is 37.3 Å². The van der Waals surface area contributed by atoms with Crippen molar-refractivity contribution in [1.29, 1.82) is 0 Å². The van der Waals surface area contributed by atoms with Crippen molar-refractivity contribution in [3.63, 3.8) is 0 Å². The van der Waals surface area contributed by atoms with Crippen molar-refractivity contribution >= 4 is 35.8 Å². The summed E-state index contributed by atoms with van der Waals surface area (Å²) >= 11 is 0. The van der Waals surface area contributed by atoms with Crippen LogP contribution in [0, 0.1) is 5.82 Å². The van der Waals surface area contributed by atoms with Crippen molar-refractivity contribution < 1.29 is 13.9 Å². The number of nitrogens with one attached hydrogen (secondary N) is 3. The minimum Gasteiger partial charge on any atom is -0.373 e. The van der Waals surface area contributed by atoms with Crippen LogP contribution in [0.1, 0.15) is 31.7 Å². The van der Waals surface area contributed by atoms with Gasteiger partial charge in [0.15, 0.2) is 5.96 Å². The van der Waals surface area contributed by atoms with Gasteiger partial charge < -0.3 is 20.7 Å². The number of amides is 1. The van der Waals surface area contributed by atoms with E-state index in [0.29, 0.717) is 31.3 Å². The van der Waals surface area contributed by atoms with Crippen molar-refractivity contribution in [3.8, 4) is 0 Å². The molecule has 150 valence electrons. The smallest absolute Gasteiger partial charge is 0.224 e. The van der Waals surface area contributed by atoms with Gasteiger partial charge in [0.2, 0.25) is 5.91 Å². The Kier molecular flexibility index (Phi) is 8.75. The van der Waals surface area contributed by atoms with E-state index < -0.39 is 0 Å². The second-order valence-corrected chi connectivity index (χ2v) is 6.77. The normalized spacial score (nSPS) is 23.6. The molecular formula is C19H28FIN4O2. The molecule has 3 rings (SSSR count). The van der Waals surface area contributed by atoms with Gasteiger partial charge in [-0.2, -0.15) is 0 Å². The lowest BCUT2D eigenvalue weighted by molar-refractivity contribution is -0.120. The predicted molar refractivity (Wildman–Crippen MR) is 114 cm³/mol. The number of rotatable bonds is 7. The second kappa shape index (κ2) is 10.8. The fourth-order valence-electron chi connectivity index (χ4n) is 3.50. The molecule has 2 fully saturated rings. The third-order valence-corrected chi connectivity index (χ3v) is 4.75. The van der Waals surface area contributed by atoms with E-state index in [9.17, 15) is 9.18 Å². The van der Waals surface area contributed by atoms with Crippen LogP contribution in [-0.4, -0.2) is 49.8 Å². The standard InChI is InChI=1S/C19H27FN4O2.HI/c1-2-21-19(24-16-12-15-7-8-17(16)26-15)23-10-9-22-18(25)11-13-3-5-14(20)6-4-13;/h3-6,15-17H,2,7-12H2,1H3,(H,22,25)(H2,21,23,24);1H. The first kappa shape index (κ1) is 21.9. The molecule has 6 nitrogen and oxygen atoms in total. The van der Waals surface area contributed by atoms with Crippen LogP contribution < -0.4 is 16.0 Å². The molecule has 1 aromatic carbocycles. The highest BCUT2D eigenvalue weighted by molar-refractivity contribution is 14.0. The van der Waals surface area contributed by atoms with Gasteiger partial charge >= 0.3 is 0 Å². The summed E-state index contributed by atoms with van der Waals surface area (Å²) in [4.78, 5) is 16.5. The molecule has 0 aliphatic carbocycles. The van der Waals surface area contributed by atoms with Gasteiger partial charge in [-0.1, -0.05) is 12.1 Å². The van der Waals surface area contributed by atoms with Gasteiger partial charge in [-0.15, -0.1) is 24.0 Å². The number of carbonyl (C=O) groups is 1. The molecule has 1 aromatic rings. The van der Waals surface area contributed by atoms with E-state index in [2.05, 4.69) is 20.9 Å². The number of nitrogens with zero attached hydrogens (tertiary/aromatic N) is 1. The van der Waals surface area contributed by atoms with Gasteiger partial charge in [-0.25, -0.2) is 4.39 Å². The van der Waals surface area contributed by atoms with Crippen LogP contribution >= 0.6 is 24.0 Å². The van der Waals surface area contributed by atoms with E-state index in [-0.39, 0.29) is 42.1 Å². The van der Waals surface area contributed by atoms with E-state index >= 15 is 0 Å². The fraction of sp³-hybridized carbons (Fsp3) is 0.579. The Balaban J connectivity index is 0.00000261. The van der Waals surface area contributed by atoms with Gasteiger partial charge in [0.25, 0.3) is 0 Å². The first-order valence-corrected chi connectivity index (χ1v) is 9.35. The Morgan fingerprint density at radius 2 is 2.04 bits per heavy atom. The molecule has 2 bridgehead atoms. The lowest BCUT2D eigenvalue weighted by Gasteiger charge is -2.22. The molecule has 2 heterocycles. The van der Waals surface area contributed by atoms with Crippen molar-refractivity contribution in [2.24, 2.45) is 4.99 Å². The summed E-state index contributed by atoms with van der Waals surface area (Å²) < 4.78 is 18.7. The number of halogens is 2. The molecule has 3 unspecified atom stereocenters. The molecule has 0 saturated carbocycles. The van der Waals surface area contributed by atoms with Crippen LogP contribution in [-0.2, 0) is 16.0 Å². The molecule has 2 aliphatic heterocycles. The first-order valence-electron chi connectivity index (χ1n) is 9.35. The average Bonchev–Trinajstić information content (AvgIpc) is 3.24. The molecule has 1 amide bonds. The molecule has 27 heavy (non-hydrogen) atoms. The Bertz CT molecular complexity index is 641. The largest absolute Gasteiger partial charge is 0.373 e. The molecule has 0 aromatic heterocycles. The minimum absolute atomic E-state index is 0. The number of benzene rings is 1. The summed E-state index contributed by atoms with van der Waals surface area (Å²) in [6, 6.07) is 6.29. The van der Waals surface area contributed by atoms with E-state index in [1.807, 2.05) is 6.92 Å². The van der Waals surface area contributed by atoms with E-state index in [4.69, 9.17) is 4.74 Å². The fourth-order valence-corrected chi connectivity index (χ4v) is 3.50. The van der Waals surface area contributed by atoms with Crippen LogP contribution in [0.4, 0.5) is 4.39 Å². The van der Waals surface area contributed by atoms with Gasteiger partial charge in [0.05, 0.1) is 31.2 Å². The van der Waals surface area contributed by atoms with Crippen LogP contribution in [0.15, 0.2) is 29.3 Å². The zero-order valence-corrected chi connectivity index (χ0v) is 17.9. The van der Waals surface area contributed by atoms with Gasteiger partial charge in [-0.3, -0.25) is 9.79 Å². The van der Waals surface area contributed by atoms with Crippen LogP contribution in [0.5, 0.6) is 0 Å². The third-order valence-electron chi connectivity index (χ3n) is 4.75. The zero-order chi connectivity index (χ0) is 18.4. The Labute approximate surface area is 176 Å². The number of fused-ring (bicyclic) bond motifs is 2. The van der Waals surface area contributed by atoms with Crippen molar-refractivity contribution in [1.82, 2.24) is 16.0 Å². The summed E-state index contributed by atoms with van der Waals surface area (Å²) in [5.74, 6) is 0.375. The summed E-state index contributed by atoms with van der Waals surface area (Å²) in [6.07, 6.45) is 4.23. The molecular weight excluding hydrogens is 462 g/mol. The Morgan fingerprint density at radius 1 is 1.26 bits per heavy atom. The molecule has 2 aliphatic rings. The van der Waals surface area contributed by atoms with Crippen molar-refractivity contribution in [3.05, 3.63) is 35.6 Å². The maximum absolute atomic E-state index is 12.9. The van der Waals surface area contributed by atoms with Crippen molar-refractivity contribution in [2.45, 2.75) is 50.9 Å². The van der Waals surface area contributed by atoms with E-state index in [1.165, 1.54) is 12.1 Å². The highest BCUT2D eigenvalue weighted by Crippen LogP contribution is 2.34. The average molecular weight is 490 g/mol. The molecule has 3 atom stereocenters. The highest BCUT2D eigenvalue weighted by Gasteiger charge is 2.41. The van der Waals surface area contributed by atoms with Crippen molar-refractivity contribution in [2.75, 3.05) is 19.6 Å². The molecule has 3 N–H and O–H groups in total. The van der Waals surface area contributed by atoms with Gasteiger partial charge in [0.1, 0.15) is 5.82 Å². The van der Waals surface area contributed by atoms with Crippen LogP contribution in [0.25, 0.3) is 0 Å². The maximum Gasteiger partial charge on any atom is 0.224 e. The molecule has 0 spiro atoms. The van der Waals surface area contributed by atoms with Gasteiger partial charge in [-0.05, 0) is 43.9 Å². The molecule has 0 radical (unpaired) electrons. The van der Waals surface area contributed by atoms with Gasteiger partial charge in [0, 0.05) is 13.1 Å². The number of aliphatic imine (C=N–C) groups is 1. The van der Waals surface area contributed by atoms with Crippen LogP contribution in [0.3, 0.4) is 0 Å². The minimum atomic E-state index is -0.298. The third kappa shape index (κ3) is 6.60. The van der Waals surface area contributed by atoms with E-state index in [1.54, 1.807) is 12.1 Å².